The molecule has 1 fully saturated rings. The van der Waals surface area contributed by atoms with E-state index in [1.807, 2.05) is 0 Å². The van der Waals surface area contributed by atoms with Crippen LogP contribution in [-0.4, -0.2) is 48.1 Å². The number of carboxylic acids is 1. The van der Waals surface area contributed by atoms with Crippen LogP contribution in [0.5, 0.6) is 0 Å². The highest BCUT2D eigenvalue weighted by molar-refractivity contribution is 5.75. The summed E-state index contributed by atoms with van der Waals surface area (Å²) >= 11 is 0. The number of halogens is 2. The summed E-state index contributed by atoms with van der Waals surface area (Å²) in [5, 5.41) is 10.9. The topological polar surface area (TPSA) is 69.6 Å². The number of carbonyl (C=O) groups is 2. The Morgan fingerprint density at radius 2 is 2.17 bits per heavy atom. The van der Waals surface area contributed by atoms with Gasteiger partial charge in [0.15, 0.2) is 0 Å². The molecule has 0 saturated heterocycles. The van der Waals surface area contributed by atoms with Gasteiger partial charge in [0, 0.05) is 32.5 Å². The van der Waals surface area contributed by atoms with Crippen LogP contribution >= 0.6 is 0 Å². The van der Waals surface area contributed by atoms with E-state index in [0.29, 0.717) is 12.8 Å². The van der Waals surface area contributed by atoms with Crippen molar-refractivity contribution in [3.8, 4) is 0 Å². The molecule has 5 nitrogen and oxygen atoms in total. The molecule has 1 aliphatic rings. The number of hydrogen-bond acceptors (Lipinski definition) is 2. The smallest absolute Gasteiger partial charge is 0.317 e. The van der Waals surface area contributed by atoms with Crippen LogP contribution in [0.3, 0.4) is 0 Å². The molecule has 18 heavy (non-hydrogen) atoms. The molecule has 0 aromatic heterocycles. The van der Waals surface area contributed by atoms with Gasteiger partial charge >= 0.3 is 12.0 Å². The SMILES string of the molecule is CN(CCC(=O)O)C(=O)NCC1CCCC1(F)F. The third kappa shape index (κ3) is 4.12. The lowest BCUT2D eigenvalue weighted by molar-refractivity contribution is -0.137. The Bertz CT molecular complexity index is 323. The summed E-state index contributed by atoms with van der Waals surface area (Å²) in [4.78, 5) is 23.0. The maximum absolute atomic E-state index is 13.3. The van der Waals surface area contributed by atoms with Crippen LogP contribution in [0, 0.1) is 5.92 Å². The maximum Gasteiger partial charge on any atom is 0.317 e. The first-order valence-electron chi connectivity index (χ1n) is 5.91. The van der Waals surface area contributed by atoms with Crippen LogP contribution in [-0.2, 0) is 4.79 Å². The van der Waals surface area contributed by atoms with Gasteiger partial charge in [-0.25, -0.2) is 13.6 Å². The molecule has 0 bridgehead atoms. The highest BCUT2D eigenvalue weighted by Crippen LogP contribution is 2.39. The molecule has 2 N–H and O–H groups in total. The number of amides is 2. The molecule has 0 aliphatic heterocycles. The first kappa shape index (κ1) is 14.7. The van der Waals surface area contributed by atoms with E-state index in [4.69, 9.17) is 5.11 Å². The largest absolute Gasteiger partial charge is 0.481 e. The molecule has 1 unspecified atom stereocenters. The van der Waals surface area contributed by atoms with E-state index < -0.39 is 23.8 Å². The van der Waals surface area contributed by atoms with Crippen LogP contribution in [0.25, 0.3) is 0 Å². The molecule has 1 rings (SSSR count). The van der Waals surface area contributed by atoms with Gasteiger partial charge in [-0.15, -0.1) is 0 Å². The summed E-state index contributed by atoms with van der Waals surface area (Å²) in [6.07, 6.45) is 0.598. The zero-order chi connectivity index (χ0) is 13.8. The van der Waals surface area contributed by atoms with E-state index in [9.17, 15) is 18.4 Å². The first-order chi connectivity index (χ1) is 8.33. The van der Waals surface area contributed by atoms with Gasteiger partial charge in [-0.1, -0.05) is 0 Å². The number of carboxylic acid groups (broad SMARTS) is 1. The summed E-state index contributed by atoms with van der Waals surface area (Å²) in [5.74, 6) is -4.52. The van der Waals surface area contributed by atoms with Gasteiger partial charge in [0.25, 0.3) is 5.92 Å². The monoisotopic (exact) mass is 264 g/mol. The van der Waals surface area contributed by atoms with E-state index in [1.165, 1.54) is 11.9 Å². The highest BCUT2D eigenvalue weighted by atomic mass is 19.3. The van der Waals surface area contributed by atoms with Gasteiger partial charge in [0.1, 0.15) is 0 Å². The number of urea groups is 1. The van der Waals surface area contributed by atoms with Gasteiger partial charge in [0.05, 0.1) is 6.42 Å². The predicted octanol–water partition coefficient (Wildman–Crippen LogP) is 1.54. The van der Waals surface area contributed by atoms with Crippen molar-refractivity contribution in [1.82, 2.24) is 10.2 Å². The molecule has 1 saturated carbocycles. The minimum absolute atomic E-state index is 0.0578. The van der Waals surface area contributed by atoms with Crippen molar-refractivity contribution in [3.05, 3.63) is 0 Å². The van der Waals surface area contributed by atoms with Crippen molar-refractivity contribution in [1.29, 1.82) is 0 Å². The summed E-state index contributed by atoms with van der Waals surface area (Å²) in [5.41, 5.74) is 0. The van der Waals surface area contributed by atoms with Crippen molar-refractivity contribution in [3.63, 3.8) is 0 Å². The second-order valence-corrected chi connectivity index (χ2v) is 4.60. The maximum atomic E-state index is 13.3. The van der Waals surface area contributed by atoms with Crippen molar-refractivity contribution >= 4 is 12.0 Å². The number of alkyl halides is 2. The molecular weight excluding hydrogens is 246 g/mol. The Morgan fingerprint density at radius 3 is 2.67 bits per heavy atom. The fourth-order valence-electron chi connectivity index (χ4n) is 1.96. The van der Waals surface area contributed by atoms with Crippen molar-refractivity contribution in [2.24, 2.45) is 5.92 Å². The van der Waals surface area contributed by atoms with Gasteiger partial charge in [0.2, 0.25) is 0 Å². The molecule has 7 heteroatoms. The Morgan fingerprint density at radius 1 is 1.50 bits per heavy atom. The van der Waals surface area contributed by atoms with Crippen LogP contribution in [0.2, 0.25) is 0 Å². The lowest BCUT2D eigenvalue weighted by atomic mass is 10.1. The molecule has 0 heterocycles. The van der Waals surface area contributed by atoms with E-state index in [0.717, 1.165) is 0 Å². The number of rotatable bonds is 5. The minimum atomic E-state index is -2.70. The summed E-state index contributed by atoms with van der Waals surface area (Å²) < 4.78 is 26.5. The Hall–Kier alpha value is -1.40. The lowest BCUT2D eigenvalue weighted by Gasteiger charge is -2.22. The molecule has 0 radical (unpaired) electrons. The van der Waals surface area contributed by atoms with Gasteiger partial charge in [-0.3, -0.25) is 4.79 Å². The average molecular weight is 264 g/mol. The highest BCUT2D eigenvalue weighted by Gasteiger charge is 2.43. The molecule has 0 aromatic carbocycles. The molecule has 1 atom stereocenters. The third-order valence-electron chi connectivity index (χ3n) is 3.17. The van der Waals surface area contributed by atoms with E-state index in [-0.39, 0.29) is 25.9 Å². The molecule has 0 aromatic rings. The standard InChI is InChI=1S/C11H18F2N2O3/c1-15(6-4-9(16)17)10(18)14-7-8-3-2-5-11(8,12)13/h8H,2-7H2,1H3,(H,14,18)(H,16,17). The second-order valence-electron chi connectivity index (χ2n) is 4.60. The Balaban J connectivity index is 2.30. The summed E-state index contributed by atoms with van der Waals surface area (Å²) in [7, 11) is 1.44. The van der Waals surface area contributed by atoms with Gasteiger partial charge in [-0.2, -0.15) is 0 Å². The summed E-state index contributed by atoms with van der Waals surface area (Å²) in [6, 6.07) is -0.515. The van der Waals surface area contributed by atoms with Crippen LogP contribution in [0.15, 0.2) is 0 Å². The molecular formula is C11H18F2N2O3. The minimum Gasteiger partial charge on any atom is -0.481 e. The number of aliphatic carboxylic acids is 1. The zero-order valence-electron chi connectivity index (χ0n) is 10.3. The molecule has 1 aliphatic carbocycles. The number of hydrogen-bond donors (Lipinski definition) is 2. The normalized spacial score (nSPS) is 21.6. The molecule has 2 amide bonds. The quantitative estimate of drug-likeness (QED) is 0.791. The first-order valence-corrected chi connectivity index (χ1v) is 5.91. The van der Waals surface area contributed by atoms with E-state index in [1.54, 1.807) is 0 Å². The fourth-order valence-corrected chi connectivity index (χ4v) is 1.96. The number of carbonyl (C=O) groups excluding carboxylic acids is 1. The van der Waals surface area contributed by atoms with Crippen LogP contribution < -0.4 is 5.32 Å². The van der Waals surface area contributed by atoms with Crippen LogP contribution in [0.4, 0.5) is 13.6 Å². The predicted molar refractivity (Wildman–Crippen MR) is 60.6 cm³/mol. The Kier molecular flexibility index (Phi) is 4.86. The third-order valence-corrected chi connectivity index (χ3v) is 3.17. The number of nitrogens with zero attached hydrogens (tertiary/aromatic N) is 1. The zero-order valence-corrected chi connectivity index (χ0v) is 10.3. The van der Waals surface area contributed by atoms with E-state index >= 15 is 0 Å². The average Bonchev–Trinajstić information content (AvgIpc) is 2.62. The van der Waals surface area contributed by atoms with Crippen molar-refractivity contribution < 1.29 is 23.5 Å². The van der Waals surface area contributed by atoms with Gasteiger partial charge in [-0.05, 0) is 12.8 Å². The fraction of sp³-hybridized carbons (Fsp3) is 0.818. The second kappa shape index (κ2) is 5.97. The van der Waals surface area contributed by atoms with Crippen molar-refractivity contribution in [2.45, 2.75) is 31.6 Å². The molecule has 0 spiro atoms. The summed E-state index contributed by atoms with van der Waals surface area (Å²) in [6.45, 7) is -0.00846. The van der Waals surface area contributed by atoms with Gasteiger partial charge < -0.3 is 15.3 Å². The van der Waals surface area contributed by atoms with Crippen LogP contribution in [0.1, 0.15) is 25.7 Å². The van der Waals surface area contributed by atoms with Crippen molar-refractivity contribution in [2.75, 3.05) is 20.1 Å². The number of nitrogens with one attached hydrogen (secondary N) is 1. The lowest BCUT2D eigenvalue weighted by Crippen LogP contribution is -2.42. The molecule has 104 valence electrons. The Labute approximate surface area is 104 Å². The van der Waals surface area contributed by atoms with E-state index in [2.05, 4.69) is 5.32 Å².